The van der Waals surface area contributed by atoms with Gasteiger partial charge in [-0.3, -0.25) is 0 Å². The highest BCUT2D eigenvalue weighted by molar-refractivity contribution is 5.73. The summed E-state index contributed by atoms with van der Waals surface area (Å²) in [4.78, 5) is 10.3. The Bertz CT molecular complexity index is 1930. The van der Waals surface area contributed by atoms with E-state index >= 15 is 0 Å². The van der Waals surface area contributed by atoms with Crippen LogP contribution in [0.15, 0.2) is 144 Å². The molecule has 1 saturated carbocycles. The number of nitrogens with zero attached hydrogens (tertiary/aromatic N) is 2. The lowest BCUT2D eigenvalue weighted by Gasteiger charge is -2.32. The van der Waals surface area contributed by atoms with Crippen LogP contribution in [0.3, 0.4) is 0 Å². The minimum absolute atomic E-state index is 0.202. The van der Waals surface area contributed by atoms with Crippen molar-refractivity contribution in [3.8, 4) is 11.3 Å². The van der Waals surface area contributed by atoms with E-state index in [-0.39, 0.29) is 16.7 Å². The number of allylic oxidation sites excluding steroid dienone is 20. The fourth-order valence-corrected chi connectivity index (χ4v) is 9.02. The first-order valence-corrected chi connectivity index (χ1v) is 17.4. The maximum atomic E-state index is 5.19. The van der Waals surface area contributed by atoms with Gasteiger partial charge < -0.3 is 0 Å². The second-order valence-electron chi connectivity index (χ2n) is 14.8. The molecule has 0 amide bonds. The summed E-state index contributed by atoms with van der Waals surface area (Å²) in [6.45, 7) is 4.86. The molecule has 1 aromatic heterocycles. The van der Waals surface area contributed by atoms with Crippen molar-refractivity contribution in [1.82, 2.24) is 9.97 Å². The van der Waals surface area contributed by atoms with Gasteiger partial charge in [-0.15, -0.1) is 0 Å². The topological polar surface area (TPSA) is 25.8 Å². The van der Waals surface area contributed by atoms with E-state index in [9.17, 15) is 0 Å². The standard InChI is InChI=1S/C44H42N2/c1-43(2)38-14-7-6-13-36(38)37-26-33(21-24-39(37)43)29-15-17-30(18-16-29)40-27-41(46-42(45-40)32-10-4-3-5-11-32)31-19-22-34(23-20-31)44-25-9-8-12-35(44)28-44/h4,7-12,14-17,19-27,30,35,37,39H,3,5-6,13,18,28H2,1-2H3. The Labute approximate surface area is 273 Å². The van der Waals surface area contributed by atoms with Crippen LogP contribution in [0.25, 0.3) is 16.8 Å². The van der Waals surface area contributed by atoms with E-state index in [1.165, 1.54) is 36.0 Å². The molecule has 7 aliphatic carbocycles. The fraction of sp³-hybridized carbons (Fsp3) is 0.318. The van der Waals surface area contributed by atoms with E-state index in [1.54, 1.807) is 11.1 Å². The third kappa shape index (κ3) is 4.52. The van der Waals surface area contributed by atoms with E-state index in [0.29, 0.717) is 17.8 Å². The van der Waals surface area contributed by atoms with Gasteiger partial charge in [0.25, 0.3) is 0 Å². The smallest absolute Gasteiger partial charge is 0.159 e. The molecule has 228 valence electrons. The molecule has 1 aromatic carbocycles. The predicted molar refractivity (Wildman–Crippen MR) is 190 cm³/mol. The summed E-state index contributed by atoms with van der Waals surface area (Å²) in [5.41, 5.74) is 12.2. The molecular formula is C44H42N2. The molecule has 7 aliphatic rings. The molecule has 46 heavy (non-hydrogen) atoms. The molecule has 0 spiro atoms. The van der Waals surface area contributed by atoms with Crippen molar-refractivity contribution in [3.63, 3.8) is 0 Å². The van der Waals surface area contributed by atoms with Gasteiger partial charge in [-0.1, -0.05) is 135 Å². The summed E-state index contributed by atoms with van der Waals surface area (Å²) in [6, 6.07) is 11.4. The van der Waals surface area contributed by atoms with E-state index in [4.69, 9.17) is 9.97 Å². The van der Waals surface area contributed by atoms with E-state index in [0.717, 1.165) is 47.6 Å². The Kier molecular flexibility index (Phi) is 6.46. The molecule has 5 unspecified atom stereocenters. The van der Waals surface area contributed by atoms with Crippen molar-refractivity contribution < 1.29 is 0 Å². The summed E-state index contributed by atoms with van der Waals surface area (Å²) < 4.78 is 0. The summed E-state index contributed by atoms with van der Waals surface area (Å²) in [7, 11) is 0. The van der Waals surface area contributed by atoms with Gasteiger partial charge in [-0.25, -0.2) is 9.97 Å². The van der Waals surface area contributed by atoms with Crippen LogP contribution in [-0.2, 0) is 5.41 Å². The minimum atomic E-state index is 0.202. The van der Waals surface area contributed by atoms with Crippen LogP contribution in [0.1, 0.15) is 75.4 Å². The average molecular weight is 599 g/mol. The number of rotatable bonds is 5. The van der Waals surface area contributed by atoms with Crippen LogP contribution in [0.2, 0.25) is 0 Å². The first kappa shape index (κ1) is 28.0. The monoisotopic (exact) mass is 598 g/mol. The molecule has 0 N–H and O–H groups in total. The summed E-state index contributed by atoms with van der Waals surface area (Å²) in [5.74, 6) is 2.79. The van der Waals surface area contributed by atoms with Crippen molar-refractivity contribution in [2.24, 2.45) is 23.2 Å². The maximum Gasteiger partial charge on any atom is 0.159 e. The highest BCUT2D eigenvalue weighted by atomic mass is 14.9. The maximum absolute atomic E-state index is 5.19. The van der Waals surface area contributed by atoms with Crippen molar-refractivity contribution in [3.05, 3.63) is 161 Å². The summed E-state index contributed by atoms with van der Waals surface area (Å²) in [5, 5.41) is 0. The quantitative estimate of drug-likeness (QED) is 0.342. The molecule has 0 bridgehead atoms. The largest absolute Gasteiger partial charge is 0.232 e. The molecule has 0 radical (unpaired) electrons. The number of aromatic nitrogens is 2. The van der Waals surface area contributed by atoms with Gasteiger partial charge in [0.1, 0.15) is 0 Å². The second-order valence-corrected chi connectivity index (χ2v) is 14.8. The lowest BCUT2D eigenvalue weighted by molar-refractivity contribution is 0.319. The van der Waals surface area contributed by atoms with Gasteiger partial charge in [0.05, 0.1) is 11.4 Å². The molecule has 2 aromatic rings. The van der Waals surface area contributed by atoms with Crippen LogP contribution < -0.4 is 0 Å². The van der Waals surface area contributed by atoms with Crippen molar-refractivity contribution >= 4 is 5.57 Å². The molecule has 0 saturated heterocycles. The number of hydrogen-bond acceptors (Lipinski definition) is 2. The zero-order chi connectivity index (χ0) is 30.9. The van der Waals surface area contributed by atoms with Crippen LogP contribution >= 0.6 is 0 Å². The van der Waals surface area contributed by atoms with Gasteiger partial charge in [0, 0.05) is 28.4 Å². The summed E-state index contributed by atoms with van der Waals surface area (Å²) >= 11 is 0. The van der Waals surface area contributed by atoms with Gasteiger partial charge in [0.15, 0.2) is 5.82 Å². The Balaban J connectivity index is 1.00. The lowest BCUT2D eigenvalue weighted by Crippen LogP contribution is -2.24. The van der Waals surface area contributed by atoms with Crippen LogP contribution in [0.5, 0.6) is 0 Å². The summed E-state index contributed by atoms with van der Waals surface area (Å²) in [6.07, 6.45) is 41.9. The average Bonchev–Trinajstić information content (AvgIpc) is 3.83. The number of benzene rings is 1. The second kappa shape index (κ2) is 10.6. The van der Waals surface area contributed by atoms with Gasteiger partial charge >= 0.3 is 0 Å². The van der Waals surface area contributed by atoms with Gasteiger partial charge in [-0.05, 0) is 84.1 Å². The van der Waals surface area contributed by atoms with Crippen molar-refractivity contribution in [1.29, 1.82) is 0 Å². The first-order chi connectivity index (χ1) is 22.5. The zero-order valence-corrected chi connectivity index (χ0v) is 27.0. The predicted octanol–water partition coefficient (Wildman–Crippen LogP) is 10.6. The first-order valence-electron chi connectivity index (χ1n) is 17.4. The van der Waals surface area contributed by atoms with Gasteiger partial charge in [0.2, 0.25) is 0 Å². The van der Waals surface area contributed by atoms with Gasteiger partial charge in [-0.2, -0.15) is 0 Å². The minimum Gasteiger partial charge on any atom is -0.232 e. The molecule has 2 nitrogen and oxygen atoms in total. The van der Waals surface area contributed by atoms with E-state index in [2.05, 4.69) is 135 Å². The third-order valence-corrected chi connectivity index (χ3v) is 11.8. The van der Waals surface area contributed by atoms with Crippen LogP contribution in [-0.4, -0.2) is 9.97 Å². The zero-order valence-electron chi connectivity index (χ0n) is 27.0. The fourth-order valence-electron chi connectivity index (χ4n) is 9.02. The van der Waals surface area contributed by atoms with E-state index in [1.807, 2.05) is 0 Å². The Morgan fingerprint density at radius 3 is 2.46 bits per heavy atom. The van der Waals surface area contributed by atoms with Crippen molar-refractivity contribution in [2.45, 2.75) is 63.7 Å². The SMILES string of the molecule is CC1(C)C2=C(CCC=C2)C2C=C(C3=CCC(c4cc(-c5ccc(C67C=CC=CC6C7)cc5)nc(C5=CCCC=C5)n4)C=C3)C=CC21. The van der Waals surface area contributed by atoms with E-state index < -0.39 is 0 Å². The number of fused-ring (bicyclic) bond motifs is 3. The molecule has 5 atom stereocenters. The highest BCUT2D eigenvalue weighted by Crippen LogP contribution is 2.58. The molecule has 1 fully saturated rings. The molecule has 0 aliphatic heterocycles. The lowest BCUT2D eigenvalue weighted by atomic mass is 9.71. The van der Waals surface area contributed by atoms with Crippen molar-refractivity contribution in [2.75, 3.05) is 0 Å². The number of hydrogen-bond donors (Lipinski definition) is 0. The Morgan fingerprint density at radius 2 is 1.65 bits per heavy atom. The normalized spacial score (nSPS) is 31.2. The molecule has 1 heterocycles. The van der Waals surface area contributed by atoms with Crippen LogP contribution in [0.4, 0.5) is 0 Å². The van der Waals surface area contributed by atoms with Crippen LogP contribution in [0, 0.1) is 23.2 Å². The third-order valence-electron chi connectivity index (χ3n) is 11.8. The molecule has 9 rings (SSSR count). The Hall–Kier alpha value is -4.30. The molecular weight excluding hydrogens is 556 g/mol. The Morgan fingerprint density at radius 1 is 0.783 bits per heavy atom. The highest BCUT2D eigenvalue weighted by Gasteiger charge is 2.52. The molecule has 2 heteroatoms.